The average Bonchev–Trinajstić information content (AvgIpc) is 1.88. The molecule has 51 valence electrons. The van der Waals surface area contributed by atoms with Crippen LogP contribution in [0, 0.1) is 16.2 Å². The van der Waals surface area contributed by atoms with E-state index in [1.807, 2.05) is 0 Å². The lowest BCUT2D eigenvalue weighted by Gasteiger charge is -1.90. The Balaban J connectivity index is 3.15. The number of aromatic hydroxyl groups is 1. The van der Waals surface area contributed by atoms with E-state index in [0.29, 0.717) is 0 Å². The predicted molar refractivity (Wildman–Crippen MR) is 31.4 cm³/mol. The van der Waals surface area contributed by atoms with E-state index in [1.54, 1.807) is 0 Å². The monoisotopic (exact) mass is 139 g/mol. The number of pyridine rings is 1. The van der Waals surface area contributed by atoms with Gasteiger partial charge in [0, 0.05) is 18.3 Å². The summed E-state index contributed by atoms with van der Waals surface area (Å²) in [5, 5.41) is 18.7. The molecule has 0 saturated carbocycles. The Labute approximate surface area is 56.1 Å². The first kappa shape index (κ1) is 6.47. The molecule has 1 N–H and O–H groups in total. The molecule has 5 nitrogen and oxygen atoms in total. The van der Waals surface area contributed by atoms with Crippen LogP contribution in [-0.4, -0.2) is 15.0 Å². The largest absolute Gasteiger partial charge is 0.488 e. The van der Waals surface area contributed by atoms with E-state index in [1.165, 1.54) is 0 Å². The standard InChI is InChI=1S/C5H3N2O3/c8-5-4(7(9)10)2-1-3-6-5/h2-3H,(H,6,8). The van der Waals surface area contributed by atoms with Gasteiger partial charge in [-0.3, -0.25) is 10.1 Å². The molecule has 1 radical (unpaired) electrons. The lowest BCUT2D eigenvalue weighted by atomic mass is 10.4. The molecule has 0 atom stereocenters. The normalized spacial score (nSPS) is 9.20. The SMILES string of the molecule is O=[N+]([O-])c1c[c]cnc1O. The van der Waals surface area contributed by atoms with Crippen molar-refractivity contribution in [2.24, 2.45) is 0 Å². The van der Waals surface area contributed by atoms with Gasteiger partial charge < -0.3 is 5.11 Å². The van der Waals surface area contributed by atoms with Crippen molar-refractivity contribution in [1.29, 1.82) is 0 Å². The van der Waals surface area contributed by atoms with E-state index in [2.05, 4.69) is 11.1 Å². The third-order valence-corrected chi connectivity index (χ3v) is 0.907. The molecule has 0 unspecified atom stereocenters. The van der Waals surface area contributed by atoms with Gasteiger partial charge in [0.25, 0.3) is 5.88 Å². The van der Waals surface area contributed by atoms with Crippen LogP contribution in [-0.2, 0) is 0 Å². The van der Waals surface area contributed by atoms with Gasteiger partial charge in [0.15, 0.2) is 0 Å². The van der Waals surface area contributed by atoms with Crippen LogP contribution in [0.25, 0.3) is 0 Å². The number of hydrogen-bond donors (Lipinski definition) is 1. The second kappa shape index (κ2) is 2.30. The van der Waals surface area contributed by atoms with Crippen LogP contribution in [0.5, 0.6) is 5.88 Å². The van der Waals surface area contributed by atoms with Gasteiger partial charge in [-0.25, -0.2) is 4.98 Å². The summed E-state index contributed by atoms with van der Waals surface area (Å²) in [5.74, 6) is -0.580. The Kier molecular flexibility index (Phi) is 1.49. The topological polar surface area (TPSA) is 76.3 Å². The highest BCUT2D eigenvalue weighted by molar-refractivity contribution is 5.37. The first-order valence-corrected chi connectivity index (χ1v) is 2.41. The van der Waals surface area contributed by atoms with Crippen molar-refractivity contribution in [3.63, 3.8) is 0 Å². The molecule has 0 aliphatic rings. The zero-order valence-electron chi connectivity index (χ0n) is 4.81. The second-order valence-corrected chi connectivity index (χ2v) is 1.54. The number of hydrogen-bond acceptors (Lipinski definition) is 4. The Morgan fingerprint density at radius 1 is 1.80 bits per heavy atom. The van der Waals surface area contributed by atoms with E-state index in [4.69, 9.17) is 5.11 Å². The maximum atomic E-state index is 10.0. The Hall–Kier alpha value is -1.65. The fourth-order valence-electron chi connectivity index (χ4n) is 0.480. The molecule has 0 aromatic carbocycles. The maximum absolute atomic E-state index is 10.0. The molecule has 0 saturated heterocycles. The minimum absolute atomic E-state index is 0.428. The molecule has 1 aromatic rings. The van der Waals surface area contributed by atoms with Crippen molar-refractivity contribution >= 4 is 5.69 Å². The average molecular weight is 139 g/mol. The van der Waals surface area contributed by atoms with Crippen LogP contribution < -0.4 is 0 Å². The quantitative estimate of drug-likeness (QED) is 0.453. The highest BCUT2D eigenvalue weighted by atomic mass is 16.6. The van der Waals surface area contributed by atoms with Gasteiger partial charge in [0.1, 0.15) is 0 Å². The lowest BCUT2D eigenvalue weighted by Crippen LogP contribution is -1.88. The summed E-state index contributed by atoms with van der Waals surface area (Å²) in [6, 6.07) is 3.43. The molecular weight excluding hydrogens is 136 g/mol. The predicted octanol–water partition coefficient (Wildman–Crippen LogP) is 0.496. The molecule has 0 fully saturated rings. The number of nitro groups is 1. The van der Waals surface area contributed by atoms with Gasteiger partial charge >= 0.3 is 5.69 Å². The Morgan fingerprint density at radius 3 is 2.90 bits per heavy atom. The molecule has 10 heavy (non-hydrogen) atoms. The maximum Gasteiger partial charge on any atom is 0.331 e. The molecule has 1 heterocycles. The van der Waals surface area contributed by atoms with E-state index in [9.17, 15) is 10.1 Å². The molecular formula is C5H3N2O3. The van der Waals surface area contributed by atoms with Crippen molar-refractivity contribution in [2.45, 2.75) is 0 Å². The van der Waals surface area contributed by atoms with Gasteiger partial charge in [-0.1, -0.05) is 0 Å². The second-order valence-electron chi connectivity index (χ2n) is 1.54. The zero-order chi connectivity index (χ0) is 7.56. The number of aromatic nitrogens is 1. The molecule has 0 aliphatic carbocycles. The highest BCUT2D eigenvalue weighted by Gasteiger charge is 2.11. The minimum atomic E-state index is -0.723. The molecule has 0 amide bonds. The lowest BCUT2D eigenvalue weighted by molar-refractivity contribution is -0.386. The van der Waals surface area contributed by atoms with Crippen molar-refractivity contribution in [3.05, 3.63) is 28.4 Å². The van der Waals surface area contributed by atoms with Gasteiger partial charge in [0.05, 0.1) is 4.92 Å². The smallest absolute Gasteiger partial charge is 0.331 e. The van der Waals surface area contributed by atoms with Crippen LogP contribution >= 0.6 is 0 Å². The Bertz CT molecular complexity index is 261. The summed E-state index contributed by atoms with van der Waals surface area (Å²) in [7, 11) is 0. The van der Waals surface area contributed by atoms with E-state index in [-0.39, 0.29) is 0 Å². The van der Waals surface area contributed by atoms with Gasteiger partial charge in [-0.05, 0) is 0 Å². The molecule has 0 bridgehead atoms. The van der Waals surface area contributed by atoms with Crippen LogP contribution in [0.1, 0.15) is 0 Å². The zero-order valence-corrected chi connectivity index (χ0v) is 4.81. The number of nitrogens with zero attached hydrogens (tertiary/aromatic N) is 2. The highest BCUT2D eigenvalue weighted by Crippen LogP contribution is 2.19. The van der Waals surface area contributed by atoms with Crippen molar-refractivity contribution < 1.29 is 10.0 Å². The first-order chi connectivity index (χ1) is 4.72. The van der Waals surface area contributed by atoms with Gasteiger partial charge in [-0.2, -0.15) is 0 Å². The minimum Gasteiger partial charge on any atom is -0.488 e. The molecule has 1 rings (SSSR count). The van der Waals surface area contributed by atoms with Gasteiger partial charge in [-0.15, -0.1) is 0 Å². The van der Waals surface area contributed by atoms with E-state index >= 15 is 0 Å². The van der Waals surface area contributed by atoms with Gasteiger partial charge in [0.2, 0.25) is 0 Å². The van der Waals surface area contributed by atoms with Crippen molar-refractivity contribution in [1.82, 2.24) is 4.98 Å². The Morgan fingerprint density at radius 2 is 2.50 bits per heavy atom. The summed E-state index contributed by atoms with van der Waals surface area (Å²) in [6.07, 6.45) is 1.16. The summed E-state index contributed by atoms with van der Waals surface area (Å²) >= 11 is 0. The first-order valence-electron chi connectivity index (χ1n) is 2.41. The summed E-state index contributed by atoms with van der Waals surface area (Å²) in [4.78, 5) is 12.5. The fourth-order valence-corrected chi connectivity index (χ4v) is 0.480. The molecule has 0 spiro atoms. The van der Waals surface area contributed by atoms with Crippen LogP contribution in [0.3, 0.4) is 0 Å². The number of rotatable bonds is 1. The summed E-state index contributed by atoms with van der Waals surface area (Å²) in [5.41, 5.74) is -0.428. The van der Waals surface area contributed by atoms with E-state index in [0.717, 1.165) is 12.3 Å². The van der Waals surface area contributed by atoms with Crippen molar-refractivity contribution in [3.8, 4) is 5.88 Å². The third kappa shape index (κ3) is 1.02. The summed E-state index contributed by atoms with van der Waals surface area (Å²) < 4.78 is 0. The van der Waals surface area contributed by atoms with Crippen LogP contribution in [0.4, 0.5) is 5.69 Å². The molecule has 0 aliphatic heterocycles. The van der Waals surface area contributed by atoms with E-state index < -0.39 is 16.5 Å². The molecule has 5 heteroatoms. The molecule has 1 aromatic heterocycles. The fraction of sp³-hybridized carbons (Fsp3) is 0. The van der Waals surface area contributed by atoms with Crippen LogP contribution in [0.15, 0.2) is 12.3 Å². The third-order valence-electron chi connectivity index (χ3n) is 0.907. The summed E-state index contributed by atoms with van der Waals surface area (Å²) in [6.45, 7) is 0. The van der Waals surface area contributed by atoms with Crippen molar-refractivity contribution in [2.75, 3.05) is 0 Å². The van der Waals surface area contributed by atoms with Crippen LogP contribution in [0.2, 0.25) is 0 Å².